The number of carbonyl (C=O) groups excluding carboxylic acids is 3. The maximum absolute atomic E-state index is 12.2. The largest absolute Gasteiger partial charge is 0.345 e. The highest BCUT2D eigenvalue weighted by molar-refractivity contribution is 6.01. The fourth-order valence-electron chi connectivity index (χ4n) is 2.34. The lowest BCUT2D eigenvalue weighted by Gasteiger charge is -2.30. The second-order valence-electron chi connectivity index (χ2n) is 4.91. The first-order chi connectivity index (χ1) is 9.58. The summed E-state index contributed by atoms with van der Waals surface area (Å²) in [6, 6.07) is 9.13. The van der Waals surface area contributed by atoms with Gasteiger partial charge in [-0.15, -0.1) is 0 Å². The molecule has 1 fully saturated rings. The van der Waals surface area contributed by atoms with Gasteiger partial charge in [0.05, 0.1) is 0 Å². The zero-order valence-corrected chi connectivity index (χ0v) is 11.5. The van der Waals surface area contributed by atoms with E-state index in [-0.39, 0.29) is 17.7 Å². The van der Waals surface area contributed by atoms with E-state index in [9.17, 15) is 14.4 Å². The summed E-state index contributed by atoms with van der Waals surface area (Å²) in [6.45, 7) is 1.73. The molecule has 1 saturated heterocycles. The third-order valence-electron chi connectivity index (χ3n) is 3.36. The molecule has 1 aromatic rings. The molecule has 1 aromatic carbocycles. The first-order valence-corrected chi connectivity index (χ1v) is 6.73. The van der Waals surface area contributed by atoms with Crippen LogP contribution in [0.2, 0.25) is 0 Å². The summed E-state index contributed by atoms with van der Waals surface area (Å²) >= 11 is 0. The molecule has 0 bridgehead atoms. The van der Waals surface area contributed by atoms with E-state index in [2.05, 4.69) is 5.32 Å². The first kappa shape index (κ1) is 14.2. The lowest BCUT2D eigenvalue weighted by Crippen LogP contribution is -2.54. The molecule has 0 saturated carbocycles. The van der Waals surface area contributed by atoms with Gasteiger partial charge in [-0.05, 0) is 18.4 Å². The SMILES string of the molecule is CC(=O)N[C@H]1CCC(=O)N(CCc2ccccc2)C1=O. The minimum atomic E-state index is -0.569. The van der Waals surface area contributed by atoms with Crippen molar-refractivity contribution in [1.29, 1.82) is 0 Å². The van der Waals surface area contributed by atoms with Crippen LogP contribution in [0.4, 0.5) is 0 Å². The molecule has 0 aliphatic carbocycles. The fraction of sp³-hybridized carbons (Fsp3) is 0.400. The molecular weight excluding hydrogens is 256 g/mol. The minimum absolute atomic E-state index is 0.160. The molecule has 5 nitrogen and oxygen atoms in total. The summed E-state index contributed by atoms with van der Waals surface area (Å²) in [5, 5.41) is 2.60. The maximum atomic E-state index is 12.2. The summed E-state index contributed by atoms with van der Waals surface area (Å²) in [5.74, 6) is -0.708. The number of carbonyl (C=O) groups is 3. The van der Waals surface area contributed by atoms with Crippen LogP contribution in [0.5, 0.6) is 0 Å². The van der Waals surface area contributed by atoms with Gasteiger partial charge in [0.1, 0.15) is 6.04 Å². The van der Waals surface area contributed by atoms with Gasteiger partial charge < -0.3 is 5.32 Å². The zero-order chi connectivity index (χ0) is 14.5. The Morgan fingerprint density at radius 3 is 2.65 bits per heavy atom. The number of nitrogens with one attached hydrogen (secondary N) is 1. The van der Waals surface area contributed by atoms with E-state index in [1.807, 2.05) is 30.3 Å². The van der Waals surface area contributed by atoms with Crippen molar-refractivity contribution in [2.45, 2.75) is 32.2 Å². The molecule has 5 heteroatoms. The molecular formula is C15H18N2O3. The molecule has 0 spiro atoms. The number of hydrogen-bond acceptors (Lipinski definition) is 3. The van der Waals surface area contributed by atoms with Crippen molar-refractivity contribution < 1.29 is 14.4 Å². The van der Waals surface area contributed by atoms with Crippen LogP contribution in [-0.4, -0.2) is 35.2 Å². The smallest absolute Gasteiger partial charge is 0.251 e. The second kappa shape index (κ2) is 6.32. The number of imide groups is 1. The number of benzene rings is 1. The topological polar surface area (TPSA) is 66.5 Å². The van der Waals surface area contributed by atoms with E-state index in [0.29, 0.717) is 25.8 Å². The Morgan fingerprint density at radius 2 is 2.00 bits per heavy atom. The molecule has 1 N–H and O–H groups in total. The molecule has 1 atom stereocenters. The van der Waals surface area contributed by atoms with Gasteiger partial charge >= 0.3 is 0 Å². The molecule has 0 radical (unpaired) electrons. The molecule has 1 aliphatic rings. The van der Waals surface area contributed by atoms with Gasteiger partial charge in [-0.2, -0.15) is 0 Å². The van der Waals surface area contributed by atoms with Crippen molar-refractivity contribution in [3.8, 4) is 0 Å². The minimum Gasteiger partial charge on any atom is -0.345 e. The van der Waals surface area contributed by atoms with Gasteiger partial charge in [-0.25, -0.2) is 0 Å². The van der Waals surface area contributed by atoms with Gasteiger partial charge in [0.15, 0.2) is 0 Å². The van der Waals surface area contributed by atoms with Gasteiger partial charge in [0.2, 0.25) is 11.8 Å². The second-order valence-corrected chi connectivity index (χ2v) is 4.91. The Balaban J connectivity index is 1.99. The fourth-order valence-corrected chi connectivity index (χ4v) is 2.34. The standard InChI is InChI=1S/C15H18N2O3/c1-11(18)16-13-7-8-14(19)17(15(13)20)10-9-12-5-3-2-4-6-12/h2-6,13H,7-10H2,1H3,(H,16,18)/t13-/m0/s1. The highest BCUT2D eigenvalue weighted by atomic mass is 16.2. The number of rotatable bonds is 4. The van der Waals surface area contributed by atoms with Crippen LogP contribution in [-0.2, 0) is 20.8 Å². The van der Waals surface area contributed by atoms with Crippen molar-refractivity contribution in [2.24, 2.45) is 0 Å². The molecule has 20 heavy (non-hydrogen) atoms. The number of nitrogens with zero attached hydrogens (tertiary/aromatic N) is 1. The number of piperidine rings is 1. The Hall–Kier alpha value is -2.17. The summed E-state index contributed by atoms with van der Waals surface area (Å²) in [7, 11) is 0. The van der Waals surface area contributed by atoms with Crippen LogP contribution in [0.25, 0.3) is 0 Å². The Bertz CT molecular complexity index is 513. The first-order valence-electron chi connectivity index (χ1n) is 6.73. The molecule has 106 valence electrons. The Morgan fingerprint density at radius 1 is 1.30 bits per heavy atom. The van der Waals surface area contributed by atoms with Crippen LogP contribution < -0.4 is 5.32 Å². The van der Waals surface area contributed by atoms with Crippen LogP contribution in [0.1, 0.15) is 25.3 Å². The molecule has 3 amide bonds. The van der Waals surface area contributed by atoms with E-state index < -0.39 is 6.04 Å². The summed E-state index contributed by atoms with van der Waals surface area (Å²) in [5.41, 5.74) is 1.08. The molecule has 2 rings (SSSR count). The molecule has 1 aliphatic heterocycles. The van der Waals surface area contributed by atoms with Crippen LogP contribution in [0.15, 0.2) is 30.3 Å². The van der Waals surface area contributed by atoms with E-state index >= 15 is 0 Å². The van der Waals surface area contributed by atoms with Crippen molar-refractivity contribution in [1.82, 2.24) is 10.2 Å². The average molecular weight is 274 g/mol. The number of amides is 3. The third kappa shape index (κ3) is 3.44. The van der Waals surface area contributed by atoms with Crippen LogP contribution in [0.3, 0.4) is 0 Å². The van der Waals surface area contributed by atoms with Crippen molar-refractivity contribution in [3.05, 3.63) is 35.9 Å². The summed E-state index contributed by atoms with van der Waals surface area (Å²) in [4.78, 5) is 36.4. The van der Waals surface area contributed by atoms with Crippen molar-refractivity contribution >= 4 is 17.7 Å². The van der Waals surface area contributed by atoms with Crippen LogP contribution >= 0.6 is 0 Å². The number of hydrogen-bond donors (Lipinski definition) is 1. The van der Waals surface area contributed by atoms with E-state index in [0.717, 1.165) is 5.56 Å². The predicted molar refractivity (Wildman–Crippen MR) is 73.7 cm³/mol. The average Bonchev–Trinajstić information content (AvgIpc) is 2.43. The van der Waals surface area contributed by atoms with Crippen molar-refractivity contribution in [3.63, 3.8) is 0 Å². The van der Waals surface area contributed by atoms with Gasteiger partial charge in [0, 0.05) is 19.9 Å². The van der Waals surface area contributed by atoms with Crippen LogP contribution in [0, 0.1) is 0 Å². The third-order valence-corrected chi connectivity index (χ3v) is 3.36. The lowest BCUT2D eigenvalue weighted by molar-refractivity contribution is -0.151. The predicted octanol–water partition coefficient (Wildman–Crippen LogP) is 0.883. The van der Waals surface area contributed by atoms with E-state index in [1.54, 1.807) is 0 Å². The molecule has 1 heterocycles. The monoisotopic (exact) mass is 274 g/mol. The summed E-state index contributed by atoms with van der Waals surface area (Å²) < 4.78 is 0. The summed E-state index contributed by atoms with van der Waals surface area (Å²) in [6.07, 6.45) is 1.32. The lowest BCUT2D eigenvalue weighted by atomic mass is 10.0. The highest BCUT2D eigenvalue weighted by Gasteiger charge is 2.34. The van der Waals surface area contributed by atoms with Gasteiger partial charge in [0.25, 0.3) is 5.91 Å². The van der Waals surface area contributed by atoms with Crippen molar-refractivity contribution in [2.75, 3.05) is 6.54 Å². The quantitative estimate of drug-likeness (QED) is 0.829. The zero-order valence-electron chi connectivity index (χ0n) is 11.5. The van der Waals surface area contributed by atoms with E-state index in [1.165, 1.54) is 11.8 Å². The molecule has 0 aromatic heterocycles. The number of likely N-dealkylation sites (tertiary alicyclic amines) is 1. The van der Waals surface area contributed by atoms with E-state index in [4.69, 9.17) is 0 Å². The maximum Gasteiger partial charge on any atom is 0.251 e. The highest BCUT2D eigenvalue weighted by Crippen LogP contribution is 2.14. The van der Waals surface area contributed by atoms with Gasteiger partial charge in [-0.3, -0.25) is 19.3 Å². The van der Waals surface area contributed by atoms with Gasteiger partial charge in [-0.1, -0.05) is 30.3 Å². The molecule has 0 unspecified atom stereocenters. The Kier molecular flexibility index (Phi) is 4.50. The Labute approximate surface area is 118 Å². The normalized spacial score (nSPS) is 19.1.